The second-order valence-corrected chi connectivity index (χ2v) is 15.4. The molecule has 0 saturated heterocycles. The van der Waals surface area contributed by atoms with Crippen LogP contribution in [0.2, 0.25) is 0 Å². The van der Waals surface area contributed by atoms with Gasteiger partial charge in [-0.3, -0.25) is 0 Å². The molecule has 0 aliphatic heterocycles. The molecule has 0 bridgehead atoms. The molecule has 0 unspecified atom stereocenters. The van der Waals surface area contributed by atoms with Gasteiger partial charge in [0.25, 0.3) is 0 Å². The average Bonchev–Trinajstić information content (AvgIpc) is 3.87. The molecule has 0 spiro atoms. The van der Waals surface area contributed by atoms with Gasteiger partial charge in [0.05, 0.1) is 22.2 Å². The van der Waals surface area contributed by atoms with E-state index in [1.54, 1.807) is 0 Å². The van der Waals surface area contributed by atoms with Crippen LogP contribution >= 0.6 is 0 Å². The van der Waals surface area contributed by atoms with Crippen LogP contribution in [0.25, 0.3) is 116 Å². The Kier molecular flexibility index (Phi) is 7.82. The second-order valence-electron chi connectivity index (χ2n) is 15.4. The van der Waals surface area contributed by atoms with E-state index in [9.17, 15) is 0 Å². The first-order valence-corrected chi connectivity index (χ1v) is 20.3. The maximum Gasteiger partial charge on any atom is 0.161 e. The van der Waals surface area contributed by atoms with Crippen LogP contribution in [0, 0.1) is 0 Å². The van der Waals surface area contributed by atoms with E-state index in [0.717, 1.165) is 72.0 Å². The third kappa shape index (κ3) is 5.61. The number of hydrogen-bond acceptors (Lipinski definition) is 3. The molecule has 0 aliphatic carbocycles. The second kappa shape index (κ2) is 13.8. The van der Waals surface area contributed by atoms with E-state index in [-0.39, 0.29) is 0 Å². The fraction of sp³-hybridized carbons (Fsp3) is 0. The number of para-hydroxylation sites is 2. The first-order chi connectivity index (χ1) is 29.7. The van der Waals surface area contributed by atoms with Gasteiger partial charge in [-0.25, -0.2) is 9.97 Å². The van der Waals surface area contributed by atoms with Crippen LogP contribution in [0.3, 0.4) is 0 Å². The van der Waals surface area contributed by atoms with Gasteiger partial charge in [-0.15, -0.1) is 0 Å². The Morgan fingerprint density at radius 3 is 1.80 bits per heavy atom. The largest absolute Gasteiger partial charge is 0.456 e. The Bertz CT molecular complexity index is 3600. The number of fused-ring (bicyclic) bond motifs is 7. The van der Waals surface area contributed by atoms with Crippen LogP contribution < -0.4 is 0 Å². The summed E-state index contributed by atoms with van der Waals surface area (Å²) in [6.07, 6.45) is 0. The van der Waals surface area contributed by atoms with E-state index in [1.807, 2.05) is 24.3 Å². The molecule has 3 heterocycles. The minimum Gasteiger partial charge on any atom is -0.456 e. The highest BCUT2D eigenvalue weighted by Crippen LogP contribution is 2.41. The maximum atomic E-state index is 6.65. The van der Waals surface area contributed by atoms with Crippen molar-refractivity contribution in [1.82, 2.24) is 14.5 Å². The highest BCUT2D eigenvalue weighted by atomic mass is 16.3. The van der Waals surface area contributed by atoms with Gasteiger partial charge in [0.15, 0.2) is 5.82 Å². The summed E-state index contributed by atoms with van der Waals surface area (Å²) in [5.41, 5.74) is 15.8. The molecular formula is C56H35N3O. The fourth-order valence-corrected chi connectivity index (χ4v) is 8.97. The van der Waals surface area contributed by atoms with Crippen LogP contribution in [0.1, 0.15) is 0 Å². The summed E-state index contributed by atoms with van der Waals surface area (Å²) in [4.78, 5) is 10.5. The highest BCUT2D eigenvalue weighted by Gasteiger charge is 2.19. The molecule has 3 aromatic heterocycles. The first kappa shape index (κ1) is 34.0. The lowest BCUT2D eigenvalue weighted by Gasteiger charge is -2.11. The zero-order valence-electron chi connectivity index (χ0n) is 32.5. The van der Waals surface area contributed by atoms with E-state index in [1.165, 1.54) is 38.5 Å². The zero-order valence-corrected chi connectivity index (χ0v) is 32.5. The van der Waals surface area contributed by atoms with Crippen molar-refractivity contribution in [1.29, 1.82) is 0 Å². The number of furan rings is 1. The third-order valence-electron chi connectivity index (χ3n) is 11.8. The molecule has 0 atom stereocenters. The minimum atomic E-state index is 0.669. The SMILES string of the molecule is c1ccc(-c2cccc(-c3nc(-c4cccc5oc6cc(-c7ccc8c(c7)c7ccccc7n8-c7cccc(-c8ccccc8)c7)ccc6c45)nc4ccccc34)c2)cc1. The van der Waals surface area contributed by atoms with Gasteiger partial charge in [0.2, 0.25) is 0 Å². The van der Waals surface area contributed by atoms with Gasteiger partial charge in [-0.05, 0) is 94.0 Å². The molecule has 4 heteroatoms. The Balaban J connectivity index is 0.967. The molecule has 0 radical (unpaired) electrons. The maximum absolute atomic E-state index is 6.65. The quantitative estimate of drug-likeness (QED) is 0.169. The van der Waals surface area contributed by atoms with Crippen molar-refractivity contribution in [2.24, 2.45) is 0 Å². The van der Waals surface area contributed by atoms with Crippen LogP contribution in [0.4, 0.5) is 0 Å². The molecule has 0 N–H and O–H groups in total. The molecule has 0 amide bonds. The number of benzene rings is 9. The number of hydrogen-bond donors (Lipinski definition) is 0. The average molecular weight is 766 g/mol. The number of aromatic nitrogens is 3. The first-order valence-electron chi connectivity index (χ1n) is 20.3. The summed E-state index contributed by atoms with van der Waals surface area (Å²) >= 11 is 0. The van der Waals surface area contributed by atoms with Crippen molar-refractivity contribution < 1.29 is 4.42 Å². The van der Waals surface area contributed by atoms with E-state index in [4.69, 9.17) is 14.4 Å². The van der Waals surface area contributed by atoms with E-state index in [0.29, 0.717) is 5.82 Å². The Morgan fingerprint density at radius 2 is 0.967 bits per heavy atom. The van der Waals surface area contributed by atoms with Crippen molar-refractivity contribution >= 4 is 54.6 Å². The van der Waals surface area contributed by atoms with Crippen molar-refractivity contribution in [2.45, 2.75) is 0 Å². The molecule has 0 saturated carbocycles. The Morgan fingerprint density at radius 1 is 0.350 bits per heavy atom. The summed E-state index contributed by atoms with van der Waals surface area (Å²) < 4.78 is 9.03. The third-order valence-corrected chi connectivity index (χ3v) is 11.8. The van der Waals surface area contributed by atoms with Crippen LogP contribution in [0.5, 0.6) is 0 Å². The molecule has 280 valence electrons. The van der Waals surface area contributed by atoms with Crippen molar-refractivity contribution in [3.63, 3.8) is 0 Å². The van der Waals surface area contributed by atoms with Gasteiger partial charge in [-0.2, -0.15) is 0 Å². The number of nitrogens with zero attached hydrogens (tertiary/aromatic N) is 3. The van der Waals surface area contributed by atoms with Crippen molar-refractivity contribution in [3.8, 4) is 61.7 Å². The van der Waals surface area contributed by atoms with E-state index < -0.39 is 0 Å². The monoisotopic (exact) mass is 765 g/mol. The topological polar surface area (TPSA) is 43.9 Å². The smallest absolute Gasteiger partial charge is 0.161 e. The molecule has 12 aromatic rings. The van der Waals surface area contributed by atoms with Gasteiger partial charge in [-0.1, -0.05) is 152 Å². The van der Waals surface area contributed by atoms with Gasteiger partial charge in [0.1, 0.15) is 11.2 Å². The lowest BCUT2D eigenvalue weighted by atomic mass is 9.99. The molecule has 60 heavy (non-hydrogen) atoms. The van der Waals surface area contributed by atoms with Gasteiger partial charge >= 0.3 is 0 Å². The van der Waals surface area contributed by atoms with Crippen LogP contribution in [0.15, 0.2) is 217 Å². The molecule has 9 aromatic carbocycles. The molecular weight excluding hydrogens is 731 g/mol. The zero-order chi connectivity index (χ0) is 39.6. The van der Waals surface area contributed by atoms with E-state index in [2.05, 4.69) is 193 Å². The summed E-state index contributed by atoms with van der Waals surface area (Å²) in [6, 6.07) is 75.0. The van der Waals surface area contributed by atoms with Crippen LogP contribution in [-0.2, 0) is 0 Å². The predicted molar refractivity (Wildman–Crippen MR) is 248 cm³/mol. The van der Waals surface area contributed by atoms with Crippen LogP contribution in [-0.4, -0.2) is 14.5 Å². The number of rotatable bonds is 6. The molecule has 0 aliphatic rings. The lowest BCUT2D eigenvalue weighted by Crippen LogP contribution is -1.96. The van der Waals surface area contributed by atoms with Gasteiger partial charge < -0.3 is 8.98 Å². The molecule has 0 fully saturated rings. The Hall–Kier alpha value is -8.08. The summed E-state index contributed by atoms with van der Waals surface area (Å²) in [7, 11) is 0. The van der Waals surface area contributed by atoms with Gasteiger partial charge in [0, 0.05) is 43.7 Å². The normalized spacial score (nSPS) is 11.7. The minimum absolute atomic E-state index is 0.669. The molecule has 4 nitrogen and oxygen atoms in total. The standard InChI is InChI=1S/C56H35N3O/c1-3-14-36(15-4-1)38-18-11-20-42(32-38)55-45-23-7-9-25-49(45)57-56(58-55)47-24-13-27-52-54(47)46-30-28-41(35-53(46)60-52)40-29-31-51-48(34-40)44-22-8-10-26-50(44)59(51)43-21-12-19-39(33-43)37-16-5-2-6-17-37/h1-35H. The van der Waals surface area contributed by atoms with Crippen molar-refractivity contribution in [2.75, 3.05) is 0 Å². The van der Waals surface area contributed by atoms with E-state index >= 15 is 0 Å². The molecule has 12 rings (SSSR count). The van der Waals surface area contributed by atoms with Crippen molar-refractivity contribution in [3.05, 3.63) is 212 Å². The predicted octanol–water partition coefficient (Wildman–Crippen LogP) is 15.0. The highest BCUT2D eigenvalue weighted by molar-refractivity contribution is 6.14. The summed E-state index contributed by atoms with van der Waals surface area (Å²) in [5.74, 6) is 0.669. The Labute approximate surface area is 346 Å². The lowest BCUT2D eigenvalue weighted by molar-refractivity contribution is 0.669. The summed E-state index contributed by atoms with van der Waals surface area (Å²) in [5, 5.41) is 5.48. The fourth-order valence-electron chi connectivity index (χ4n) is 8.97. The summed E-state index contributed by atoms with van der Waals surface area (Å²) in [6.45, 7) is 0.